The Balaban J connectivity index is 2.02. The van der Waals surface area contributed by atoms with Crippen molar-refractivity contribution in [2.45, 2.75) is 45.9 Å². The predicted molar refractivity (Wildman–Crippen MR) is 110 cm³/mol. The molecule has 1 atom stereocenters. The topological polar surface area (TPSA) is 59.0 Å². The van der Waals surface area contributed by atoms with Gasteiger partial charge < -0.3 is 14.6 Å². The van der Waals surface area contributed by atoms with Gasteiger partial charge in [-0.2, -0.15) is 0 Å². The first-order chi connectivity index (χ1) is 13.5. The molecule has 5 nitrogen and oxygen atoms in total. The van der Waals surface area contributed by atoms with Crippen LogP contribution in [-0.2, 0) is 22.6 Å². The molecule has 2 aromatic rings. The van der Waals surface area contributed by atoms with Gasteiger partial charge in [-0.05, 0) is 36.6 Å². The summed E-state index contributed by atoms with van der Waals surface area (Å²) in [5, 5.41) is 10.4. The number of aryl methyl sites for hydroxylation is 1. The van der Waals surface area contributed by atoms with E-state index in [1.54, 1.807) is 7.11 Å². The van der Waals surface area contributed by atoms with Crippen LogP contribution >= 0.6 is 0 Å². The number of nitrogens with zero attached hydrogens (tertiary/aromatic N) is 1. The smallest absolute Gasteiger partial charge is 0.305 e. The van der Waals surface area contributed by atoms with Gasteiger partial charge in [0.2, 0.25) is 0 Å². The lowest BCUT2D eigenvalue weighted by atomic mass is 10.1. The maximum atomic E-state index is 11.6. The highest BCUT2D eigenvalue weighted by molar-refractivity contribution is 5.69. The summed E-state index contributed by atoms with van der Waals surface area (Å²) in [5.41, 5.74) is 3.52. The first-order valence-electron chi connectivity index (χ1n) is 9.74. The summed E-state index contributed by atoms with van der Waals surface area (Å²) in [6.45, 7) is 5.81. The number of benzene rings is 2. The number of hydrogen-bond donors (Lipinski definition) is 1. The SMILES string of the molecule is CCCC(=O)OCC(O)CN(Cc1ccc(OC)cc1)Cc1cccc(C)c1. The summed E-state index contributed by atoms with van der Waals surface area (Å²) in [6.07, 6.45) is 0.390. The van der Waals surface area contributed by atoms with Crippen molar-refractivity contribution in [3.05, 3.63) is 65.2 Å². The molecule has 0 aliphatic heterocycles. The van der Waals surface area contributed by atoms with Crippen molar-refractivity contribution in [1.29, 1.82) is 0 Å². The summed E-state index contributed by atoms with van der Waals surface area (Å²) in [5.74, 6) is 0.554. The van der Waals surface area contributed by atoms with Gasteiger partial charge in [0.05, 0.1) is 7.11 Å². The van der Waals surface area contributed by atoms with Crippen molar-refractivity contribution < 1.29 is 19.4 Å². The van der Waals surface area contributed by atoms with E-state index in [0.717, 1.165) is 17.7 Å². The number of aliphatic hydroxyl groups excluding tert-OH is 1. The zero-order chi connectivity index (χ0) is 20.4. The normalized spacial score (nSPS) is 12.0. The van der Waals surface area contributed by atoms with E-state index < -0.39 is 6.10 Å². The van der Waals surface area contributed by atoms with Crippen LogP contribution < -0.4 is 4.74 Å². The maximum absolute atomic E-state index is 11.6. The largest absolute Gasteiger partial charge is 0.497 e. The van der Waals surface area contributed by atoms with Gasteiger partial charge in [-0.1, -0.05) is 48.9 Å². The van der Waals surface area contributed by atoms with E-state index in [-0.39, 0.29) is 12.6 Å². The molecule has 1 unspecified atom stereocenters. The van der Waals surface area contributed by atoms with Crippen molar-refractivity contribution in [3.63, 3.8) is 0 Å². The molecule has 0 aliphatic rings. The Kier molecular flexibility index (Phi) is 8.98. The lowest BCUT2D eigenvalue weighted by Gasteiger charge is -2.25. The second kappa shape index (κ2) is 11.5. The molecule has 0 aliphatic carbocycles. The van der Waals surface area contributed by atoms with Gasteiger partial charge >= 0.3 is 5.97 Å². The average molecular weight is 386 g/mol. The number of aliphatic hydroxyl groups is 1. The zero-order valence-electron chi connectivity index (χ0n) is 17.1. The minimum atomic E-state index is -0.733. The molecule has 0 heterocycles. The quantitative estimate of drug-likeness (QED) is 0.598. The van der Waals surface area contributed by atoms with Crippen LogP contribution in [0.1, 0.15) is 36.5 Å². The van der Waals surface area contributed by atoms with Crippen LogP contribution in [0.3, 0.4) is 0 Å². The van der Waals surface area contributed by atoms with Gasteiger partial charge in [0.15, 0.2) is 0 Å². The number of carbonyl (C=O) groups is 1. The molecular weight excluding hydrogens is 354 g/mol. The molecule has 28 heavy (non-hydrogen) atoms. The van der Waals surface area contributed by atoms with Crippen molar-refractivity contribution in [2.24, 2.45) is 0 Å². The minimum absolute atomic E-state index is 0.0196. The van der Waals surface area contributed by atoms with Gasteiger partial charge in [0.1, 0.15) is 18.5 Å². The highest BCUT2D eigenvalue weighted by atomic mass is 16.5. The first kappa shape index (κ1) is 21.9. The summed E-state index contributed by atoms with van der Waals surface area (Å²) < 4.78 is 10.4. The molecule has 0 bridgehead atoms. The Bertz CT molecular complexity index is 730. The molecule has 0 fully saturated rings. The number of hydrogen-bond acceptors (Lipinski definition) is 5. The van der Waals surface area contributed by atoms with Gasteiger partial charge in [-0.25, -0.2) is 0 Å². The molecular formula is C23H31NO4. The second-order valence-electron chi connectivity index (χ2n) is 7.09. The van der Waals surface area contributed by atoms with Crippen LogP contribution in [0.4, 0.5) is 0 Å². The van der Waals surface area contributed by atoms with Crippen molar-refractivity contribution >= 4 is 5.97 Å². The molecule has 152 valence electrons. The summed E-state index contributed by atoms with van der Waals surface area (Å²) in [4.78, 5) is 13.7. The van der Waals surface area contributed by atoms with E-state index in [9.17, 15) is 9.90 Å². The summed E-state index contributed by atoms with van der Waals surface area (Å²) >= 11 is 0. The molecule has 0 radical (unpaired) electrons. The molecule has 1 N–H and O–H groups in total. The highest BCUT2D eigenvalue weighted by Crippen LogP contribution is 2.16. The highest BCUT2D eigenvalue weighted by Gasteiger charge is 2.15. The maximum Gasteiger partial charge on any atom is 0.305 e. The van der Waals surface area contributed by atoms with E-state index >= 15 is 0 Å². The van der Waals surface area contributed by atoms with Crippen LogP contribution in [0, 0.1) is 6.92 Å². The standard InChI is InChI=1S/C23H31NO4/c1-4-6-23(26)28-17-21(25)16-24(15-20-8-5-7-18(2)13-20)14-19-9-11-22(27-3)12-10-19/h5,7-13,21,25H,4,6,14-17H2,1-3H3. The van der Waals surface area contributed by atoms with Crippen LogP contribution in [0.2, 0.25) is 0 Å². The molecule has 0 spiro atoms. The van der Waals surface area contributed by atoms with Crippen LogP contribution in [-0.4, -0.2) is 42.3 Å². The predicted octanol–water partition coefficient (Wildman–Crippen LogP) is 3.71. The van der Waals surface area contributed by atoms with Crippen LogP contribution in [0.25, 0.3) is 0 Å². The third-order valence-electron chi connectivity index (χ3n) is 4.41. The summed E-state index contributed by atoms with van der Waals surface area (Å²) in [6, 6.07) is 16.3. The van der Waals surface area contributed by atoms with Crippen molar-refractivity contribution in [3.8, 4) is 5.75 Å². The molecule has 0 aromatic heterocycles. The van der Waals surface area contributed by atoms with Gasteiger partial charge in [-0.3, -0.25) is 9.69 Å². The molecule has 0 amide bonds. The van der Waals surface area contributed by atoms with Gasteiger partial charge in [0, 0.05) is 26.1 Å². The molecule has 0 saturated heterocycles. The van der Waals surface area contributed by atoms with Crippen LogP contribution in [0.5, 0.6) is 5.75 Å². The Morgan fingerprint density at radius 1 is 1.11 bits per heavy atom. The van der Waals surface area contributed by atoms with E-state index in [1.807, 2.05) is 37.3 Å². The number of esters is 1. The minimum Gasteiger partial charge on any atom is -0.497 e. The van der Waals surface area contributed by atoms with Gasteiger partial charge in [-0.15, -0.1) is 0 Å². The monoisotopic (exact) mass is 385 g/mol. The summed E-state index contributed by atoms with van der Waals surface area (Å²) in [7, 11) is 1.65. The lowest BCUT2D eigenvalue weighted by Crippen LogP contribution is -2.34. The number of ether oxygens (including phenoxy) is 2. The average Bonchev–Trinajstić information content (AvgIpc) is 2.67. The first-order valence-corrected chi connectivity index (χ1v) is 9.74. The van der Waals surface area contributed by atoms with E-state index in [0.29, 0.717) is 26.1 Å². The van der Waals surface area contributed by atoms with Crippen molar-refractivity contribution in [1.82, 2.24) is 4.90 Å². The molecule has 5 heteroatoms. The fraction of sp³-hybridized carbons (Fsp3) is 0.435. The molecule has 0 saturated carbocycles. The molecule has 2 aromatic carbocycles. The Hall–Kier alpha value is -2.37. The fourth-order valence-electron chi connectivity index (χ4n) is 3.06. The zero-order valence-corrected chi connectivity index (χ0v) is 17.1. The Morgan fingerprint density at radius 2 is 1.82 bits per heavy atom. The second-order valence-corrected chi connectivity index (χ2v) is 7.09. The fourth-order valence-corrected chi connectivity index (χ4v) is 3.06. The number of methoxy groups -OCH3 is 1. The van der Waals surface area contributed by atoms with Crippen molar-refractivity contribution in [2.75, 3.05) is 20.3 Å². The molecule has 2 rings (SSSR count). The Morgan fingerprint density at radius 3 is 2.46 bits per heavy atom. The number of rotatable bonds is 11. The third-order valence-corrected chi connectivity index (χ3v) is 4.41. The van der Waals surface area contributed by atoms with E-state index in [2.05, 4.69) is 30.0 Å². The van der Waals surface area contributed by atoms with Gasteiger partial charge in [0.25, 0.3) is 0 Å². The van der Waals surface area contributed by atoms with E-state index in [1.165, 1.54) is 11.1 Å². The Labute approximate surface area is 167 Å². The van der Waals surface area contributed by atoms with Crippen LogP contribution in [0.15, 0.2) is 48.5 Å². The lowest BCUT2D eigenvalue weighted by molar-refractivity contribution is -0.147. The van der Waals surface area contributed by atoms with E-state index in [4.69, 9.17) is 9.47 Å². The number of carbonyl (C=O) groups excluding carboxylic acids is 1. The third kappa shape index (κ3) is 7.71.